The van der Waals surface area contributed by atoms with Crippen molar-refractivity contribution in [3.63, 3.8) is 0 Å². The van der Waals surface area contributed by atoms with E-state index in [0.29, 0.717) is 21.8 Å². The Morgan fingerprint density at radius 3 is 2.50 bits per heavy atom. The molecule has 0 bridgehead atoms. The molecule has 0 radical (unpaired) electrons. The number of fused-ring (bicyclic) bond motifs is 1. The first-order valence-electron chi connectivity index (χ1n) is 8.62. The monoisotopic (exact) mass is 424 g/mol. The van der Waals surface area contributed by atoms with Gasteiger partial charge in [0, 0.05) is 17.1 Å². The van der Waals surface area contributed by atoms with Crippen LogP contribution in [-0.2, 0) is 43.0 Å². The van der Waals surface area contributed by atoms with Gasteiger partial charge in [0.15, 0.2) is 9.84 Å². The molecular weight excluding hydrogens is 404 g/mol. The van der Waals surface area contributed by atoms with Crippen molar-refractivity contribution in [2.75, 3.05) is 5.32 Å². The summed E-state index contributed by atoms with van der Waals surface area (Å²) in [6, 6.07) is 6.98. The van der Waals surface area contributed by atoms with Gasteiger partial charge >= 0.3 is 11.8 Å². The van der Waals surface area contributed by atoms with Gasteiger partial charge in [-0.2, -0.15) is 5.10 Å². The van der Waals surface area contributed by atoms with Gasteiger partial charge in [0.25, 0.3) is 0 Å². The Hall–Kier alpha value is -2.39. The molecule has 28 heavy (non-hydrogen) atoms. The van der Waals surface area contributed by atoms with Crippen LogP contribution in [0.5, 0.6) is 0 Å². The fourth-order valence-electron chi connectivity index (χ4n) is 2.92. The summed E-state index contributed by atoms with van der Waals surface area (Å²) in [4.78, 5) is 24.6. The minimum atomic E-state index is -3.30. The van der Waals surface area contributed by atoms with Crippen LogP contribution in [0.2, 0.25) is 5.02 Å². The summed E-state index contributed by atoms with van der Waals surface area (Å²) < 4.78 is 25.4. The van der Waals surface area contributed by atoms with E-state index in [1.165, 1.54) is 0 Å². The average molecular weight is 425 g/mol. The number of nitrogens with zero attached hydrogens (tertiary/aromatic N) is 2. The van der Waals surface area contributed by atoms with Crippen molar-refractivity contribution in [3.05, 3.63) is 46.1 Å². The number of hydrogen-bond donors (Lipinski definition) is 2. The summed E-state index contributed by atoms with van der Waals surface area (Å²) in [5.74, 6) is -1.90. The number of aromatic nitrogens is 2. The van der Waals surface area contributed by atoms with E-state index in [0.717, 1.165) is 0 Å². The van der Waals surface area contributed by atoms with Crippen LogP contribution < -0.4 is 10.6 Å². The number of amides is 2. The Bertz CT molecular complexity index is 1050. The molecule has 0 fully saturated rings. The number of halogens is 1. The molecule has 3 rings (SSSR count). The summed E-state index contributed by atoms with van der Waals surface area (Å²) in [5, 5.41) is 9.88. The number of carbonyl (C=O) groups excluding carboxylic acids is 2. The number of rotatable bonds is 3. The molecule has 0 unspecified atom stereocenters. The second-order valence-electron chi connectivity index (χ2n) is 7.62. The van der Waals surface area contributed by atoms with Crippen molar-refractivity contribution in [2.24, 2.45) is 0 Å². The van der Waals surface area contributed by atoms with E-state index in [1.807, 2.05) is 20.8 Å². The summed E-state index contributed by atoms with van der Waals surface area (Å²) in [7, 11) is -3.30. The van der Waals surface area contributed by atoms with E-state index < -0.39 is 27.2 Å². The lowest BCUT2D eigenvalue weighted by atomic mass is 10.1. The number of anilines is 1. The summed E-state index contributed by atoms with van der Waals surface area (Å²) >= 11 is 6.04. The Labute approximate surface area is 168 Å². The maximum Gasteiger partial charge on any atom is 0.314 e. The summed E-state index contributed by atoms with van der Waals surface area (Å²) in [5.41, 5.74) is 1.01. The maximum atomic E-state index is 12.4. The predicted octanol–water partition coefficient (Wildman–Crippen LogP) is 1.97. The normalized spacial score (nSPS) is 15.1. The third kappa shape index (κ3) is 4.20. The second kappa shape index (κ2) is 7.21. The third-order valence-electron chi connectivity index (χ3n) is 4.26. The molecule has 150 valence electrons. The van der Waals surface area contributed by atoms with E-state index >= 15 is 0 Å². The van der Waals surface area contributed by atoms with Gasteiger partial charge in [-0.25, -0.2) is 13.1 Å². The van der Waals surface area contributed by atoms with Crippen molar-refractivity contribution in [1.82, 2.24) is 15.1 Å². The van der Waals surface area contributed by atoms with Crippen molar-refractivity contribution in [1.29, 1.82) is 0 Å². The summed E-state index contributed by atoms with van der Waals surface area (Å²) in [6.07, 6.45) is 0. The highest BCUT2D eigenvalue weighted by atomic mass is 35.5. The zero-order chi connectivity index (χ0) is 20.7. The molecule has 0 saturated heterocycles. The van der Waals surface area contributed by atoms with E-state index in [1.54, 1.807) is 28.9 Å². The van der Waals surface area contributed by atoms with E-state index in [2.05, 4.69) is 15.7 Å². The van der Waals surface area contributed by atoms with E-state index in [9.17, 15) is 18.0 Å². The lowest BCUT2D eigenvalue weighted by Gasteiger charge is -2.23. The fraction of sp³-hybridized carbons (Fsp3) is 0.389. The zero-order valence-electron chi connectivity index (χ0n) is 15.7. The summed E-state index contributed by atoms with van der Waals surface area (Å²) in [6.45, 7) is 5.71. The highest BCUT2D eigenvalue weighted by Gasteiger charge is 2.35. The van der Waals surface area contributed by atoms with Crippen molar-refractivity contribution >= 4 is 39.1 Å². The third-order valence-corrected chi connectivity index (χ3v) is 6.07. The molecule has 1 aliphatic heterocycles. The molecular formula is C18H21ClN4O4S. The van der Waals surface area contributed by atoms with Crippen LogP contribution in [0.3, 0.4) is 0 Å². The van der Waals surface area contributed by atoms with Crippen LogP contribution in [0.15, 0.2) is 24.3 Å². The Morgan fingerprint density at radius 2 is 1.86 bits per heavy atom. The minimum Gasteiger partial charge on any atom is -0.344 e. The smallest absolute Gasteiger partial charge is 0.314 e. The SMILES string of the molecule is CC(C)(C)n1nc2c(c1NC(=O)C(=O)NCc1ccccc1Cl)CS(=O)(=O)C2. The van der Waals surface area contributed by atoms with Gasteiger partial charge in [-0.05, 0) is 32.4 Å². The predicted molar refractivity (Wildman–Crippen MR) is 105 cm³/mol. The van der Waals surface area contributed by atoms with Gasteiger partial charge in [0.05, 0.1) is 22.7 Å². The Kier molecular flexibility index (Phi) is 5.24. The van der Waals surface area contributed by atoms with Crippen molar-refractivity contribution in [2.45, 2.75) is 44.4 Å². The van der Waals surface area contributed by atoms with Crippen LogP contribution in [-0.4, -0.2) is 30.0 Å². The lowest BCUT2D eigenvalue weighted by molar-refractivity contribution is -0.136. The highest BCUT2D eigenvalue weighted by molar-refractivity contribution is 7.90. The standard InChI is InChI=1S/C18H21ClN4O4S/c1-18(2,3)23-15(12-9-28(26,27)10-14(12)22-23)21-17(25)16(24)20-8-11-6-4-5-7-13(11)19/h4-7H,8-10H2,1-3H3,(H,20,24)(H,21,25). The molecule has 2 N–H and O–H groups in total. The number of nitrogens with one attached hydrogen (secondary N) is 2. The first kappa shape index (κ1) is 20.3. The van der Waals surface area contributed by atoms with Gasteiger partial charge < -0.3 is 10.6 Å². The molecule has 0 saturated carbocycles. The lowest BCUT2D eigenvalue weighted by Crippen LogP contribution is -2.37. The first-order chi connectivity index (χ1) is 13.0. The Balaban J connectivity index is 1.78. The molecule has 2 amide bonds. The van der Waals surface area contributed by atoms with Gasteiger partial charge in [0.2, 0.25) is 0 Å². The van der Waals surface area contributed by atoms with Crippen LogP contribution in [0.4, 0.5) is 5.82 Å². The average Bonchev–Trinajstić information content (AvgIpc) is 3.06. The topological polar surface area (TPSA) is 110 Å². The van der Waals surface area contributed by atoms with Gasteiger partial charge in [-0.1, -0.05) is 29.8 Å². The first-order valence-corrected chi connectivity index (χ1v) is 10.8. The molecule has 1 aromatic heterocycles. The van der Waals surface area contributed by atoms with Crippen molar-refractivity contribution in [3.8, 4) is 0 Å². The maximum absolute atomic E-state index is 12.4. The van der Waals surface area contributed by atoms with Crippen molar-refractivity contribution < 1.29 is 18.0 Å². The minimum absolute atomic E-state index is 0.0942. The molecule has 0 atom stereocenters. The molecule has 10 heteroatoms. The molecule has 2 heterocycles. The molecule has 0 aliphatic carbocycles. The van der Waals surface area contributed by atoms with Crippen LogP contribution in [0.25, 0.3) is 0 Å². The molecule has 1 aliphatic rings. The largest absolute Gasteiger partial charge is 0.344 e. The van der Waals surface area contributed by atoms with Crippen LogP contribution in [0, 0.1) is 0 Å². The molecule has 8 nitrogen and oxygen atoms in total. The zero-order valence-corrected chi connectivity index (χ0v) is 17.3. The van der Waals surface area contributed by atoms with Gasteiger partial charge in [-0.3, -0.25) is 9.59 Å². The molecule has 0 spiro atoms. The van der Waals surface area contributed by atoms with E-state index in [4.69, 9.17) is 11.6 Å². The Morgan fingerprint density at radius 1 is 1.18 bits per heavy atom. The second-order valence-corrected chi connectivity index (χ2v) is 10.1. The van der Waals surface area contributed by atoms with Crippen LogP contribution in [0.1, 0.15) is 37.6 Å². The van der Waals surface area contributed by atoms with Gasteiger partial charge in [-0.15, -0.1) is 0 Å². The number of hydrogen-bond acceptors (Lipinski definition) is 5. The fourth-order valence-corrected chi connectivity index (χ4v) is 4.61. The molecule has 2 aromatic rings. The van der Waals surface area contributed by atoms with Crippen LogP contribution >= 0.6 is 11.6 Å². The number of benzene rings is 1. The number of carbonyl (C=O) groups is 2. The quantitative estimate of drug-likeness (QED) is 0.732. The van der Waals surface area contributed by atoms with E-state index in [-0.39, 0.29) is 23.9 Å². The number of sulfone groups is 1. The molecule has 1 aromatic carbocycles. The highest BCUT2D eigenvalue weighted by Crippen LogP contribution is 2.34. The van der Waals surface area contributed by atoms with Gasteiger partial charge in [0.1, 0.15) is 5.82 Å².